The van der Waals surface area contributed by atoms with E-state index in [4.69, 9.17) is 0 Å². The van der Waals surface area contributed by atoms with Crippen LogP contribution in [-0.4, -0.2) is 29.1 Å². The summed E-state index contributed by atoms with van der Waals surface area (Å²) in [6.45, 7) is 8.15. The number of aromatic nitrogens is 1. The van der Waals surface area contributed by atoms with E-state index in [1.54, 1.807) is 12.3 Å². The largest absolute Gasteiger partial charge is 0.478 e. The first-order chi connectivity index (χ1) is 9.53. The first kappa shape index (κ1) is 14.8. The summed E-state index contributed by atoms with van der Waals surface area (Å²) in [4.78, 5) is 17.9. The Kier molecular flexibility index (Phi) is 4.31. The van der Waals surface area contributed by atoms with E-state index in [0.29, 0.717) is 16.8 Å². The number of pyridine rings is 1. The van der Waals surface area contributed by atoms with Gasteiger partial charge in [0.05, 0.1) is 0 Å². The highest BCUT2D eigenvalue weighted by Crippen LogP contribution is 2.39. The van der Waals surface area contributed by atoms with Gasteiger partial charge in [0.15, 0.2) is 0 Å². The lowest BCUT2D eigenvalue weighted by atomic mass is 9.74. The summed E-state index contributed by atoms with van der Waals surface area (Å²) in [5, 5.41) is 9.41. The Bertz CT molecular complexity index is 485. The van der Waals surface area contributed by atoms with Gasteiger partial charge in [0.25, 0.3) is 0 Å². The minimum atomic E-state index is -0.881. The van der Waals surface area contributed by atoms with Gasteiger partial charge in [0.2, 0.25) is 0 Å². The highest BCUT2D eigenvalue weighted by molar-refractivity contribution is 5.95. The number of nitrogens with zero attached hydrogens (tertiary/aromatic N) is 2. The quantitative estimate of drug-likeness (QED) is 0.914. The molecule has 0 aliphatic carbocycles. The van der Waals surface area contributed by atoms with E-state index in [9.17, 15) is 9.90 Å². The molecule has 0 aromatic carbocycles. The second-order valence-corrected chi connectivity index (χ2v) is 5.83. The summed E-state index contributed by atoms with van der Waals surface area (Å²) in [6.07, 6.45) is 6.34. The third kappa shape index (κ3) is 2.65. The molecular weight excluding hydrogens is 252 g/mol. The fraction of sp³-hybridized carbons (Fsp3) is 0.625. The number of carboxylic acids is 1. The molecule has 1 aliphatic heterocycles. The van der Waals surface area contributed by atoms with Gasteiger partial charge in [0, 0.05) is 19.3 Å². The molecule has 0 spiro atoms. The first-order valence-corrected chi connectivity index (χ1v) is 7.47. The van der Waals surface area contributed by atoms with E-state index in [1.807, 2.05) is 6.92 Å². The molecule has 110 valence electrons. The summed E-state index contributed by atoms with van der Waals surface area (Å²) in [6, 6.07) is 1.76. The van der Waals surface area contributed by atoms with Crippen molar-refractivity contribution in [1.29, 1.82) is 0 Å². The van der Waals surface area contributed by atoms with Crippen LogP contribution >= 0.6 is 0 Å². The zero-order chi connectivity index (χ0) is 14.8. The Morgan fingerprint density at radius 3 is 2.45 bits per heavy atom. The lowest BCUT2D eigenvalue weighted by Crippen LogP contribution is -2.40. The molecule has 2 rings (SSSR count). The SMILES string of the molecule is CCC1(CC)CCN(c2nccc(C)c2C(=O)O)CC1. The lowest BCUT2D eigenvalue weighted by Gasteiger charge is -2.41. The van der Waals surface area contributed by atoms with Gasteiger partial charge in [-0.15, -0.1) is 0 Å². The number of anilines is 1. The van der Waals surface area contributed by atoms with Gasteiger partial charge in [-0.2, -0.15) is 0 Å². The van der Waals surface area contributed by atoms with Crippen LogP contribution in [0.1, 0.15) is 55.5 Å². The van der Waals surface area contributed by atoms with Crippen molar-refractivity contribution in [2.75, 3.05) is 18.0 Å². The summed E-state index contributed by atoms with van der Waals surface area (Å²) in [5.74, 6) is -0.244. The molecule has 1 saturated heterocycles. The highest BCUT2D eigenvalue weighted by Gasteiger charge is 2.33. The van der Waals surface area contributed by atoms with Crippen LogP contribution in [0.5, 0.6) is 0 Å². The van der Waals surface area contributed by atoms with Gasteiger partial charge in [-0.25, -0.2) is 9.78 Å². The van der Waals surface area contributed by atoms with Crippen molar-refractivity contribution in [2.45, 2.75) is 46.5 Å². The Morgan fingerprint density at radius 1 is 1.35 bits per heavy atom. The topological polar surface area (TPSA) is 53.4 Å². The molecule has 20 heavy (non-hydrogen) atoms. The van der Waals surface area contributed by atoms with E-state index in [2.05, 4.69) is 23.7 Å². The molecule has 0 bridgehead atoms. The fourth-order valence-electron chi connectivity index (χ4n) is 3.20. The minimum Gasteiger partial charge on any atom is -0.478 e. The van der Waals surface area contributed by atoms with Crippen molar-refractivity contribution in [1.82, 2.24) is 4.98 Å². The van der Waals surface area contributed by atoms with E-state index < -0.39 is 5.97 Å². The molecule has 0 amide bonds. The van der Waals surface area contributed by atoms with Crippen molar-refractivity contribution < 1.29 is 9.90 Å². The van der Waals surface area contributed by atoms with Crippen LogP contribution in [0, 0.1) is 12.3 Å². The van der Waals surface area contributed by atoms with Crippen molar-refractivity contribution in [3.8, 4) is 0 Å². The maximum Gasteiger partial charge on any atom is 0.339 e. The van der Waals surface area contributed by atoms with Crippen LogP contribution in [0.25, 0.3) is 0 Å². The average molecular weight is 276 g/mol. The standard InChI is InChI=1S/C16H24N2O2/c1-4-16(5-2)7-10-18(11-8-16)14-13(15(19)20)12(3)6-9-17-14/h6,9H,4-5,7-8,10-11H2,1-3H3,(H,19,20). The Morgan fingerprint density at radius 2 is 1.95 bits per heavy atom. The third-order valence-electron chi connectivity index (χ3n) is 4.98. The van der Waals surface area contributed by atoms with Gasteiger partial charge < -0.3 is 10.0 Å². The average Bonchev–Trinajstić information content (AvgIpc) is 2.46. The summed E-state index contributed by atoms with van der Waals surface area (Å²) >= 11 is 0. The van der Waals surface area contributed by atoms with Crippen LogP contribution < -0.4 is 4.90 Å². The molecule has 1 aromatic rings. The number of hydrogen-bond donors (Lipinski definition) is 1. The van der Waals surface area contributed by atoms with Gasteiger partial charge in [0.1, 0.15) is 11.4 Å². The summed E-state index contributed by atoms with van der Waals surface area (Å²) in [7, 11) is 0. The first-order valence-electron chi connectivity index (χ1n) is 7.47. The maximum atomic E-state index is 11.5. The molecular formula is C16H24N2O2. The van der Waals surface area contributed by atoms with Gasteiger partial charge in [-0.3, -0.25) is 0 Å². The number of rotatable bonds is 4. The zero-order valence-corrected chi connectivity index (χ0v) is 12.6. The second kappa shape index (κ2) is 5.81. The van der Waals surface area contributed by atoms with Gasteiger partial charge >= 0.3 is 5.97 Å². The second-order valence-electron chi connectivity index (χ2n) is 5.83. The maximum absolute atomic E-state index is 11.5. The molecule has 0 atom stereocenters. The molecule has 4 heteroatoms. The minimum absolute atomic E-state index is 0.355. The Labute approximate surface area is 120 Å². The number of piperidine rings is 1. The van der Waals surface area contributed by atoms with Crippen LogP contribution in [0.4, 0.5) is 5.82 Å². The molecule has 1 aliphatic rings. The monoisotopic (exact) mass is 276 g/mol. The van der Waals surface area contributed by atoms with E-state index >= 15 is 0 Å². The Hall–Kier alpha value is -1.58. The predicted octanol–water partition coefficient (Wildman–Crippen LogP) is 3.49. The number of carboxylic acid groups (broad SMARTS) is 1. The lowest BCUT2D eigenvalue weighted by molar-refractivity contribution is 0.0696. The Balaban J connectivity index is 2.23. The molecule has 4 nitrogen and oxygen atoms in total. The van der Waals surface area contributed by atoms with Crippen LogP contribution in [-0.2, 0) is 0 Å². The fourth-order valence-corrected chi connectivity index (χ4v) is 3.20. The van der Waals surface area contributed by atoms with Crippen molar-refractivity contribution >= 4 is 11.8 Å². The number of aromatic carboxylic acids is 1. The van der Waals surface area contributed by atoms with Crippen molar-refractivity contribution in [3.63, 3.8) is 0 Å². The molecule has 1 aromatic heterocycles. The van der Waals surface area contributed by atoms with Gasteiger partial charge in [-0.05, 0) is 36.8 Å². The smallest absolute Gasteiger partial charge is 0.339 e. The van der Waals surface area contributed by atoms with E-state index in [0.717, 1.165) is 31.5 Å². The predicted molar refractivity (Wildman–Crippen MR) is 80.4 cm³/mol. The number of aryl methyl sites for hydroxylation is 1. The van der Waals surface area contributed by atoms with Crippen molar-refractivity contribution in [2.24, 2.45) is 5.41 Å². The summed E-state index contributed by atoms with van der Waals surface area (Å²) < 4.78 is 0. The van der Waals surface area contributed by atoms with Crippen LogP contribution in [0.15, 0.2) is 12.3 Å². The van der Waals surface area contributed by atoms with Crippen LogP contribution in [0.3, 0.4) is 0 Å². The number of hydrogen-bond acceptors (Lipinski definition) is 3. The van der Waals surface area contributed by atoms with E-state index in [-0.39, 0.29) is 0 Å². The molecule has 0 saturated carbocycles. The molecule has 0 unspecified atom stereocenters. The normalized spacial score (nSPS) is 18.1. The summed E-state index contributed by atoms with van der Waals surface area (Å²) in [5.41, 5.74) is 1.57. The zero-order valence-electron chi connectivity index (χ0n) is 12.6. The van der Waals surface area contributed by atoms with Crippen LogP contribution in [0.2, 0.25) is 0 Å². The number of carbonyl (C=O) groups is 1. The van der Waals surface area contributed by atoms with Crippen molar-refractivity contribution in [3.05, 3.63) is 23.4 Å². The third-order valence-corrected chi connectivity index (χ3v) is 4.98. The highest BCUT2D eigenvalue weighted by atomic mass is 16.4. The van der Waals surface area contributed by atoms with E-state index in [1.165, 1.54) is 12.8 Å². The molecule has 2 heterocycles. The molecule has 1 fully saturated rings. The molecule has 0 radical (unpaired) electrons. The molecule has 1 N–H and O–H groups in total. The van der Waals surface area contributed by atoms with Gasteiger partial charge in [-0.1, -0.05) is 26.7 Å².